The topological polar surface area (TPSA) is 24.9 Å². The van der Waals surface area contributed by atoms with Crippen LogP contribution >= 0.6 is 0 Å². The van der Waals surface area contributed by atoms with E-state index < -0.39 is 0 Å². The van der Waals surface area contributed by atoms with Crippen LogP contribution in [-0.4, -0.2) is 4.98 Å². The third kappa shape index (κ3) is 5.04. The lowest BCUT2D eigenvalue weighted by atomic mass is 9.59. The first-order valence-corrected chi connectivity index (χ1v) is 10.8. The summed E-state index contributed by atoms with van der Waals surface area (Å²) in [4.78, 5) is 4.16. The minimum absolute atomic E-state index is 0.619. The Balaban J connectivity index is 1.61. The van der Waals surface area contributed by atoms with Gasteiger partial charge in [0, 0.05) is 24.6 Å². The lowest BCUT2D eigenvalue weighted by Gasteiger charge is -2.46. The molecule has 1 heterocycles. The zero-order chi connectivity index (χ0) is 20.1. The molecule has 2 nitrogen and oxygen atoms in total. The van der Waals surface area contributed by atoms with E-state index in [1.807, 2.05) is 12.3 Å². The Hall–Kier alpha value is -2.09. The molecular formula is C26H36N2. The van der Waals surface area contributed by atoms with Crippen LogP contribution in [0.2, 0.25) is 0 Å². The molecule has 0 amide bonds. The van der Waals surface area contributed by atoms with Crippen LogP contribution in [0, 0.1) is 35.5 Å². The Morgan fingerprint density at radius 2 is 2.07 bits per heavy atom. The summed E-state index contributed by atoms with van der Waals surface area (Å²) < 4.78 is 0. The van der Waals surface area contributed by atoms with Crippen LogP contribution in [0.5, 0.6) is 0 Å². The Kier molecular flexibility index (Phi) is 6.93. The number of pyridine rings is 1. The molecule has 1 saturated carbocycles. The summed E-state index contributed by atoms with van der Waals surface area (Å²) >= 11 is 0. The molecule has 2 aliphatic rings. The van der Waals surface area contributed by atoms with Gasteiger partial charge in [-0.25, -0.2) is 0 Å². The molecule has 2 aliphatic carbocycles. The molecule has 0 aromatic carbocycles. The second-order valence-electron chi connectivity index (χ2n) is 9.04. The van der Waals surface area contributed by atoms with Crippen LogP contribution in [-0.2, 0) is 6.54 Å². The first-order chi connectivity index (χ1) is 13.5. The van der Waals surface area contributed by atoms with E-state index in [9.17, 15) is 0 Å². The molecule has 0 spiro atoms. The van der Waals surface area contributed by atoms with Gasteiger partial charge in [0.1, 0.15) is 0 Å². The minimum atomic E-state index is 0.619. The summed E-state index contributed by atoms with van der Waals surface area (Å²) in [7, 11) is 0. The summed E-state index contributed by atoms with van der Waals surface area (Å²) in [6, 6.07) is 4.04. The Morgan fingerprint density at radius 1 is 1.25 bits per heavy atom. The molecule has 5 unspecified atom stereocenters. The van der Waals surface area contributed by atoms with Gasteiger partial charge in [0.25, 0.3) is 0 Å². The van der Waals surface area contributed by atoms with Crippen molar-refractivity contribution in [2.45, 2.75) is 47.1 Å². The van der Waals surface area contributed by atoms with Gasteiger partial charge in [0.15, 0.2) is 0 Å². The number of hydrogen-bond donors (Lipinski definition) is 1. The number of aromatic nitrogens is 1. The van der Waals surface area contributed by atoms with Crippen molar-refractivity contribution >= 4 is 0 Å². The predicted molar refractivity (Wildman–Crippen MR) is 119 cm³/mol. The smallest absolute Gasteiger partial charge is 0.0415 e. The largest absolute Gasteiger partial charge is 0.381 e. The van der Waals surface area contributed by atoms with E-state index in [2.05, 4.69) is 81.0 Å². The van der Waals surface area contributed by atoms with E-state index in [0.29, 0.717) is 11.8 Å². The standard InChI is InChI=1S/C26H36N2/c1-18-14-21(4)26-24(15-18)12-11-20(3)25(26)10-6-8-19(2)22(5)28-17-23-9-7-13-27-16-23/h6-13,16,18,20-21,24-26,28H,5,14-15,17H2,1-4H3/b10-6+,19-8+/t18?,20?,21?,24-,25?,26?/m0/s1. The highest BCUT2D eigenvalue weighted by Crippen LogP contribution is 2.48. The van der Waals surface area contributed by atoms with Crippen molar-refractivity contribution < 1.29 is 0 Å². The number of nitrogens with one attached hydrogen (secondary N) is 1. The number of nitrogens with zero attached hydrogens (tertiary/aromatic N) is 1. The van der Waals surface area contributed by atoms with E-state index in [0.717, 1.165) is 35.9 Å². The van der Waals surface area contributed by atoms with Gasteiger partial charge in [-0.2, -0.15) is 0 Å². The van der Waals surface area contributed by atoms with Gasteiger partial charge in [-0.15, -0.1) is 0 Å². The molecule has 2 heteroatoms. The molecule has 28 heavy (non-hydrogen) atoms. The van der Waals surface area contributed by atoms with Crippen molar-refractivity contribution in [1.29, 1.82) is 0 Å². The molecule has 1 aromatic rings. The van der Waals surface area contributed by atoms with Crippen LogP contribution in [0.25, 0.3) is 0 Å². The second kappa shape index (κ2) is 9.41. The lowest BCUT2D eigenvalue weighted by molar-refractivity contribution is 0.0914. The molecule has 0 radical (unpaired) electrons. The van der Waals surface area contributed by atoms with Crippen molar-refractivity contribution in [1.82, 2.24) is 10.3 Å². The van der Waals surface area contributed by atoms with Gasteiger partial charge >= 0.3 is 0 Å². The molecule has 6 atom stereocenters. The maximum absolute atomic E-state index is 4.19. The summed E-state index contributed by atoms with van der Waals surface area (Å²) in [5.41, 5.74) is 3.32. The van der Waals surface area contributed by atoms with E-state index in [1.165, 1.54) is 24.0 Å². The van der Waals surface area contributed by atoms with E-state index >= 15 is 0 Å². The first kappa shape index (κ1) is 20.6. The molecule has 0 saturated heterocycles. The fourth-order valence-electron chi connectivity index (χ4n) is 5.18. The van der Waals surface area contributed by atoms with Crippen molar-refractivity contribution in [3.8, 4) is 0 Å². The maximum atomic E-state index is 4.19. The summed E-state index contributed by atoms with van der Waals surface area (Å²) in [6.45, 7) is 14.3. The van der Waals surface area contributed by atoms with Crippen LogP contribution in [0.15, 0.2) is 72.8 Å². The third-order valence-electron chi connectivity index (χ3n) is 6.70. The van der Waals surface area contributed by atoms with Gasteiger partial charge in [-0.3, -0.25) is 4.98 Å². The predicted octanol–water partition coefficient (Wildman–Crippen LogP) is 6.31. The normalized spacial score (nSPS) is 32.9. The Labute approximate surface area is 171 Å². The average molecular weight is 377 g/mol. The number of allylic oxidation sites excluding steroid dienone is 6. The minimum Gasteiger partial charge on any atom is -0.381 e. The van der Waals surface area contributed by atoms with E-state index in [1.54, 1.807) is 6.20 Å². The van der Waals surface area contributed by atoms with Crippen molar-refractivity contribution in [3.05, 3.63) is 78.3 Å². The monoisotopic (exact) mass is 376 g/mol. The first-order valence-electron chi connectivity index (χ1n) is 10.8. The molecule has 1 aromatic heterocycles. The van der Waals surface area contributed by atoms with Gasteiger partial charge < -0.3 is 5.32 Å². The molecule has 150 valence electrons. The van der Waals surface area contributed by atoms with Crippen LogP contribution in [0.1, 0.15) is 46.1 Å². The zero-order valence-electron chi connectivity index (χ0n) is 17.9. The summed E-state index contributed by atoms with van der Waals surface area (Å²) in [6.07, 6.45) is 18.3. The van der Waals surface area contributed by atoms with E-state index in [-0.39, 0.29) is 0 Å². The van der Waals surface area contributed by atoms with Crippen molar-refractivity contribution in [2.75, 3.05) is 0 Å². The van der Waals surface area contributed by atoms with Crippen molar-refractivity contribution in [3.63, 3.8) is 0 Å². The van der Waals surface area contributed by atoms with Gasteiger partial charge in [0.05, 0.1) is 0 Å². The van der Waals surface area contributed by atoms with Crippen LogP contribution < -0.4 is 5.32 Å². The quantitative estimate of drug-likeness (QED) is 0.465. The van der Waals surface area contributed by atoms with Gasteiger partial charge in [0.2, 0.25) is 0 Å². The average Bonchev–Trinajstić information content (AvgIpc) is 2.68. The third-order valence-corrected chi connectivity index (χ3v) is 6.70. The molecule has 1 fully saturated rings. The molecule has 0 bridgehead atoms. The fourth-order valence-corrected chi connectivity index (χ4v) is 5.18. The van der Waals surface area contributed by atoms with Crippen LogP contribution in [0.4, 0.5) is 0 Å². The summed E-state index contributed by atoms with van der Waals surface area (Å²) in [5, 5.41) is 3.41. The molecule has 1 N–H and O–H groups in total. The second-order valence-corrected chi connectivity index (χ2v) is 9.04. The number of hydrogen-bond acceptors (Lipinski definition) is 2. The molecule has 0 aliphatic heterocycles. The number of rotatable bonds is 6. The zero-order valence-corrected chi connectivity index (χ0v) is 17.9. The van der Waals surface area contributed by atoms with Gasteiger partial charge in [-0.1, -0.05) is 63.8 Å². The van der Waals surface area contributed by atoms with Gasteiger partial charge in [-0.05, 0) is 72.5 Å². The summed E-state index contributed by atoms with van der Waals surface area (Å²) in [5.74, 6) is 4.46. The molecule has 3 rings (SSSR count). The Morgan fingerprint density at radius 3 is 2.82 bits per heavy atom. The lowest BCUT2D eigenvalue weighted by Crippen LogP contribution is -2.38. The Bertz CT molecular complexity index is 743. The highest BCUT2D eigenvalue weighted by molar-refractivity contribution is 5.29. The SMILES string of the molecule is C=C(NCc1cccnc1)/C(C)=C/C=C/C1C(C)C=C[C@H]2CC(C)CC(C)C12. The van der Waals surface area contributed by atoms with Crippen molar-refractivity contribution in [2.24, 2.45) is 35.5 Å². The highest BCUT2D eigenvalue weighted by Gasteiger charge is 2.40. The highest BCUT2D eigenvalue weighted by atomic mass is 14.9. The maximum Gasteiger partial charge on any atom is 0.0415 e. The van der Waals surface area contributed by atoms with Crippen LogP contribution in [0.3, 0.4) is 0 Å². The molecular weight excluding hydrogens is 340 g/mol. The fraction of sp³-hybridized carbons (Fsp3) is 0.500. The van der Waals surface area contributed by atoms with E-state index in [4.69, 9.17) is 0 Å². The number of fused-ring (bicyclic) bond motifs is 1.